The fourth-order valence-electron chi connectivity index (χ4n) is 1.78. The SMILES string of the molecule is CCc1ncc(C(=O)NCc2ccccc2)c(C)n1. The molecule has 4 nitrogen and oxygen atoms in total. The molecule has 0 spiro atoms. The van der Waals surface area contributed by atoms with Gasteiger partial charge in [-0.3, -0.25) is 4.79 Å². The summed E-state index contributed by atoms with van der Waals surface area (Å²) in [6.07, 6.45) is 2.37. The number of nitrogens with one attached hydrogen (secondary N) is 1. The number of nitrogens with zero attached hydrogens (tertiary/aromatic N) is 2. The summed E-state index contributed by atoms with van der Waals surface area (Å²) in [5.41, 5.74) is 2.32. The van der Waals surface area contributed by atoms with E-state index in [4.69, 9.17) is 0 Å². The standard InChI is InChI=1S/C15H17N3O/c1-3-14-16-10-13(11(2)18-14)15(19)17-9-12-7-5-4-6-8-12/h4-8,10H,3,9H2,1-2H3,(H,17,19). The Kier molecular flexibility index (Phi) is 4.23. The van der Waals surface area contributed by atoms with Gasteiger partial charge in [0.15, 0.2) is 0 Å². The van der Waals surface area contributed by atoms with Crippen molar-refractivity contribution in [3.05, 3.63) is 59.2 Å². The minimum atomic E-state index is -0.135. The van der Waals surface area contributed by atoms with E-state index in [1.54, 1.807) is 6.20 Å². The molecule has 0 aliphatic carbocycles. The third kappa shape index (κ3) is 3.37. The number of hydrogen-bond acceptors (Lipinski definition) is 3. The van der Waals surface area contributed by atoms with E-state index in [-0.39, 0.29) is 5.91 Å². The van der Waals surface area contributed by atoms with Crippen LogP contribution in [0.2, 0.25) is 0 Å². The van der Waals surface area contributed by atoms with Crippen LogP contribution in [0.15, 0.2) is 36.5 Å². The highest BCUT2D eigenvalue weighted by Gasteiger charge is 2.10. The summed E-state index contributed by atoms with van der Waals surface area (Å²) >= 11 is 0. The van der Waals surface area contributed by atoms with E-state index in [0.717, 1.165) is 23.5 Å². The fourth-order valence-corrected chi connectivity index (χ4v) is 1.78. The first-order chi connectivity index (χ1) is 9.20. The molecule has 1 amide bonds. The summed E-state index contributed by atoms with van der Waals surface area (Å²) in [5.74, 6) is 0.626. The van der Waals surface area contributed by atoms with Crippen molar-refractivity contribution in [3.8, 4) is 0 Å². The molecule has 0 radical (unpaired) electrons. The van der Waals surface area contributed by atoms with Crippen molar-refractivity contribution in [2.45, 2.75) is 26.8 Å². The molecule has 0 unspecified atom stereocenters. The van der Waals surface area contributed by atoms with Crippen LogP contribution in [-0.4, -0.2) is 15.9 Å². The van der Waals surface area contributed by atoms with Crippen LogP contribution < -0.4 is 5.32 Å². The van der Waals surface area contributed by atoms with Crippen molar-refractivity contribution in [2.75, 3.05) is 0 Å². The number of carbonyl (C=O) groups is 1. The smallest absolute Gasteiger partial charge is 0.254 e. The molecule has 1 N–H and O–H groups in total. The van der Waals surface area contributed by atoms with E-state index >= 15 is 0 Å². The summed E-state index contributed by atoms with van der Waals surface area (Å²) in [6.45, 7) is 4.33. The molecular formula is C15H17N3O. The van der Waals surface area contributed by atoms with Crippen molar-refractivity contribution >= 4 is 5.91 Å². The number of rotatable bonds is 4. The Morgan fingerprint density at radius 2 is 2.00 bits per heavy atom. The van der Waals surface area contributed by atoms with E-state index in [1.807, 2.05) is 44.2 Å². The van der Waals surface area contributed by atoms with Crippen LogP contribution in [0.25, 0.3) is 0 Å². The van der Waals surface area contributed by atoms with Crippen LogP contribution in [0, 0.1) is 6.92 Å². The van der Waals surface area contributed by atoms with Crippen molar-refractivity contribution in [1.82, 2.24) is 15.3 Å². The van der Waals surface area contributed by atoms with Gasteiger partial charge in [-0.1, -0.05) is 37.3 Å². The zero-order valence-electron chi connectivity index (χ0n) is 11.2. The topological polar surface area (TPSA) is 54.9 Å². The van der Waals surface area contributed by atoms with Crippen molar-refractivity contribution < 1.29 is 4.79 Å². The summed E-state index contributed by atoms with van der Waals surface area (Å²) in [7, 11) is 0. The zero-order valence-corrected chi connectivity index (χ0v) is 11.2. The van der Waals surface area contributed by atoms with Crippen LogP contribution in [0.3, 0.4) is 0 Å². The monoisotopic (exact) mass is 255 g/mol. The summed E-state index contributed by atoms with van der Waals surface area (Å²) in [4.78, 5) is 20.5. The van der Waals surface area contributed by atoms with Gasteiger partial charge in [-0.05, 0) is 12.5 Å². The first kappa shape index (κ1) is 13.2. The number of aryl methyl sites for hydroxylation is 2. The Labute approximate surface area is 112 Å². The van der Waals surface area contributed by atoms with Gasteiger partial charge < -0.3 is 5.32 Å². The predicted molar refractivity (Wildman–Crippen MR) is 73.8 cm³/mol. The van der Waals surface area contributed by atoms with Gasteiger partial charge in [0.1, 0.15) is 5.82 Å². The number of carbonyl (C=O) groups excluding carboxylic acids is 1. The number of aromatic nitrogens is 2. The summed E-state index contributed by atoms with van der Waals surface area (Å²) in [5, 5.41) is 2.87. The van der Waals surface area contributed by atoms with Crippen molar-refractivity contribution in [1.29, 1.82) is 0 Å². The molecule has 1 aromatic carbocycles. The fraction of sp³-hybridized carbons (Fsp3) is 0.267. The number of hydrogen-bond donors (Lipinski definition) is 1. The molecule has 0 bridgehead atoms. The lowest BCUT2D eigenvalue weighted by Gasteiger charge is -2.07. The molecule has 1 heterocycles. The minimum Gasteiger partial charge on any atom is -0.348 e. The van der Waals surface area contributed by atoms with Crippen LogP contribution >= 0.6 is 0 Å². The molecule has 0 atom stereocenters. The van der Waals surface area contributed by atoms with Crippen molar-refractivity contribution in [2.24, 2.45) is 0 Å². The Bertz CT molecular complexity index is 567. The largest absolute Gasteiger partial charge is 0.348 e. The van der Waals surface area contributed by atoms with Gasteiger partial charge in [0.05, 0.1) is 11.3 Å². The van der Waals surface area contributed by atoms with Gasteiger partial charge in [-0.25, -0.2) is 9.97 Å². The van der Waals surface area contributed by atoms with Crippen LogP contribution in [0.4, 0.5) is 0 Å². The van der Waals surface area contributed by atoms with Gasteiger partial charge in [0.2, 0.25) is 0 Å². The molecule has 0 aliphatic rings. The van der Waals surface area contributed by atoms with E-state index in [9.17, 15) is 4.79 Å². The van der Waals surface area contributed by atoms with Crippen LogP contribution in [0.1, 0.15) is 34.4 Å². The maximum Gasteiger partial charge on any atom is 0.254 e. The number of benzene rings is 1. The third-order valence-electron chi connectivity index (χ3n) is 2.89. The maximum absolute atomic E-state index is 12.0. The molecule has 0 saturated heterocycles. The van der Waals surface area contributed by atoms with Gasteiger partial charge >= 0.3 is 0 Å². The Morgan fingerprint density at radius 1 is 1.26 bits per heavy atom. The maximum atomic E-state index is 12.0. The second kappa shape index (κ2) is 6.09. The van der Waals surface area contributed by atoms with E-state index in [1.165, 1.54) is 0 Å². The van der Waals surface area contributed by atoms with E-state index < -0.39 is 0 Å². The lowest BCUT2D eigenvalue weighted by molar-refractivity contribution is 0.0949. The molecule has 1 aromatic heterocycles. The average molecular weight is 255 g/mol. The normalized spacial score (nSPS) is 10.2. The van der Waals surface area contributed by atoms with E-state index in [2.05, 4.69) is 15.3 Å². The van der Waals surface area contributed by atoms with Gasteiger partial charge in [-0.2, -0.15) is 0 Å². The molecule has 0 aliphatic heterocycles. The van der Waals surface area contributed by atoms with E-state index in [0.29, 0.717) is 12.1 Å². The highest BCUT2D eigenvalue weighted by atomic mass is 16.1. The molecule has 0 saturated carbocycles. The molecule has 2 aromatic rings. The molecule has 2 rings (SSSR count). The highest BCUT2D eigenvalue weighted by Crippen LogP contribution is 2.05. The van der Waals surface area contributed by atoms with Crippen molar-refractivity contribution in [3.63, 3.8) is 0 Å². The quantitative estimate of drug-likeness (QED) is 0.911. The second-order valence-electron chi connectivity index (χ2n) is 4.31. The summed E-state index contributed by atoms with van der Waals surface area (Å²) < 4.78 is 0. The lowest BCUT2D eigenvalue weighted by atomic mass is 10.2. The summed E-state index contributed by atoms with van der Waals surface area (Å²) in [6, 6.07) is 9.80. The molecule has 0 fully saturated rings. The lowest BCUT2D eigenvalue weighted by Crippen LogP contribution is -2.24. The predicted octanol–water partition coefficient (Wildman–Crippen LogP) is 2.28. The molecule has 19 heavy (non-hydrogen) atoms. The van der Waals surface area contributed by atoms with Gasteiger partial charge in [-0.15, -0.1) is 0 Å². The third-order valence-corrected chi connectivity index (χ3v) is 2.89. The molecule has 98 valence electrons. The molecular weight excluding hydrogens is 238 g/mol. The Balaban J connectivity index is 2.04. The van der Waals surface area contributed by atoms with Gasteiger partial charge in [0, 0.05) is 19.2 Å². The average Bonchev–Trinajstić information content (AvgIpc) is 2.45. The van der Waals surface area contributed by atoms with Crippen LogP contribution in [-0.2, 0) is 13.0 Å². The molecule has 4 heteroatoms. The van der Waals surface area contributed by atoms with Crippen LogP contribution in [0.5, 0.6) is 0 Å². The highest BCUT2D eigenvalue weighted by molar-refractivity contribution is 5.94. The zero-order chi connectivity index (χ0) is 13.7. The number of amides is 1. The Hall–Kier alpha value is -2.23. The Morgan fingerprint density at radius 3 is 2.63 bits per heavy atom. The first-order valence-corrected chi connectivity index (χ1v) is 6.35. The minimum absolute atomic E-state index is 0.135. The van der Waals surface area contributed by atoms with Gasteiger partial charge in [0.25, 0.3) is 5.91 Å². The second-order valence-corrected chi connectivity index (χ2v) is 4.31. The first-order valence-electron chi connectivity index (χ1n) is 6.35.